The average Bonchev–Trinajstić information content (AvgIpc) is 3.44. The van der Waals surface area contributed by atoms with Crippen LogP contribution in [0.4, 0.5) is 13.2 Å². The summed E-state index contributed by atoms with van der Waals surface area (Å²) in [6, 6.07) is -0.281. The van der Waals surface area contributed by atoms with Crippen LogP contribution in [0, 0.1) is 18.4 Å². The molecule has 0 unspecified atom stereocenters. The first kappa shape index (κ1) is 22.4. The highest BCUT2D eigenvalue weighted by atomic mass is 32.1. The first-order chi connectivity index (χ1) is 15.2. The smallest absolute Gasteiger partial charge is 0.354 e. The number of guanidine groups is 1. The van der Waals surface area contributed by atoms with Crippen molar-refractivity contribution < 1.29 is 13.2 Å². The minimum Gasteiger partial charge on any atom is -0.354 e. The molecule has 32 heavy (non-hydrogen) atoms. The molecule has 1 aliphatic heterocycles. The fourth-order valence-corrected chi connectivity index (χ4v) is 5.82. The van der Waals surface area contributed by atoms with E-state index in [1.165, 1.54) is 4.57 Å². The van der Waals surface area contributed by atoms with Crippen molar-refractivity contribution >= 4 is 27.5 Å². The molecule has 0 spiro atoms. The van der Waals surface area contributed by atoms with E-state index in [9.17, 15) is 22.8 Å². The van der Waals surface area contributed by atoms with Crippen LogP contribution in [-0.2, 0) is 13.1 Å². The minimum atomic E-state index is -4.42. The number of halogens is 3. The second-order valence-electron chi connectivity index (χ2n) is 8.13. The molecule has 0 atom stereocenters. The van der Waals surface area contributed by atoms with Crippen LogP contribution in [0.1, 0.15) is 48.6 Å². The molecular formula is C20H23F3N6O2S. The molecule has 3 heterocycles. The van der Waals surface area contributed by atoms with Gasteiger partial charge in [-0.3, -0.25) is 13.9 Å². The van der Waals surface area contributed by atoms with Crippen molar-refractivity contribution in [1.29, 1.82) is 5.26 Å². The van der Waals surface area contributed by atoms with E-state index in [0.717, 1.165) is 33.6 Å². The van der Waals surface area contributed by atoms with E-state index >= 15 is 0 Å². The summed E-state index contributed by atoms with van der Waals surface area (Å²) in [6.45, 7) is 2.78. The Morgan fingerprint density at radius 1 is 1.28 bits per heavy atom. The third-order valence-corrected chi connectivity index (χ3v) is 7.40. The number of fused-ring (bicyclic) bond motifs is 1. The standard InChI is InChI=1S/C20H23F3N6O2S/c1-12-14(10-27-9-7-25-18(27)26-11-24)32-17-15(12)16(30)29(13-4-2-3-5-13)19(31)28(17)8-6-20(21,22)23/h13H,2-10H2,1H3,(H,25,26). The van der Waals surface area contributed by atoms with Gasteiger partial charge in [-0.1, -0.05) is 12.8 Å². The second kappa shape index (κ2) is 8.61. The van der Waals surface area contributed by atoms with Gasteiger partial charge in [-0.05, 0) is 25.3 Å². The number of hydrogen-bond acceptors (Lipinski definition) is 5. The zero-order chi connectivity index (χ0) is 23.0. The highest BCUT2D eigenvalue weighted by Crippen LogP contribution is 2.32. The molecule has 1 saturated carbocycles. The van der Waals surface area contributed by atoms with E-state index in [-0.39, 0.29) is 10.9 Å². The highest BCUT2D eigenvalue weighted by molar-refractivity contribution is 7.18. The summed E-state index contributed by atoms with van der Waals surface area (Å²) in [5.74, 6) is 0.419. The van der Waals surface area contributed by atoms with E-state index in [0.29, 0.717) is 49.4 Å². The summed E-state index contributed by atoms with van der Waals surface area (Å²) in [7, 11) is 0. The van der Waals surface area contributed by atoms with Gasteiger partial charge in [-0.15, -0.1) is 16.3 Å². The zero-order valence-electron chi connectivity index (χ0n) is 17.5. The van der Waals surface area contributed by atoms with Gasteiger partial charge in [0.25, 0.3) is 5.56 Å². The summed E-state index contributed by atoms with van der Waals surface area (Å²) < 4.78 is 41.3. The minimum absolute atomic E-state index is 0.275. The molecule has 172 valence electrons. The summed E-state index contributed by atoms with van der Waals surface area (Å²) in [5, 5.41) is 12.2. The van der Waals surface area contributed by atoms with Crippen LogP contribution in [-0.4, -0.2) is 39.3 Å². The highest BCUT2D eigenvalue weighted by Gasteiger charge is 2.31. The predicted octanol–water partition coefficient (Wildman–Crippen LogP) is 2.84. The number of nitrogens with zero attached hydrogens (tertiary/aromatic N) is 5. The SMILES string of the molecule is Cc1c(CN2CCN/C2=N\C#N)sc2c1c(=O)n(C1CCCC1)c(=O)n2CCC(F)(F)F. The van der Waals surface area contributed by atoms with Crippen molar-refractivity contribution in [2.75, 3.05) is 13.1 Å². The van der Waals surface area contributed by atoms with Crippen molar-refractivity contribution in [3.63, 3.8) is 0 Å². The summed E-state index contributed by atoms with van der Waals surface area (Å²) >= 11 is 1.16. The van der Waals surface area contributed by atoms with Crippen molar-refractivity contribution in [1.82, 2.24) is 19.4 Å². The molecule has 1 aliphatic carbocycles. The van der Waals surface area contributed by atoms with Gasteiger partial charge in [-0.2, -0.15) is 18.4 Å². The van der Waals surface area contributed by atoms with Crippen molar-refractivity contribution in [3.8, 4) is 6.19 Å². The van der Waals surface area contributed by atoms with Gasteiger partial charge in [0.1, 0.15) is 4.83 Å². The lowest BCUT2D eigenvalue weighted by Gasteiger charge is -2.17. The second-order valence-corrected chi connectivity index (χ2v) is 9.21. The monoisotopic (exact) mass is 468 g/mol. The zero-order valence-corrected chi connectivity index (χ0v) is 18.4. The van der Waals surface area contributed by atoms with Gasteiger partial charge in [0.05, 0.1) is 18.4 Å². The van der Waals surface area contributed by atoms with Crippen molar-refractivity contribution in [2.24, 2.45) is 4.99 Å². The number of thiophene rings is 1. The number of aryl methyl sites for hydroxylation is 2. The topological polar surface area (TPSA) is 95.4 Å². The third-order valence-electron chi connectivity index (χ3n) is 6.11. The molecule has 0 aromatic carbocycles. The molecule has 2 fully saturated rings. The number of nitrogens with one attached hydrogen (secondary N) is 1. The number of alkyl halides is 3. The maximum Gasteiger partial charge on any atom is 0.390 e. The van der Waals surface area contributed by atoms with E-state index in [1.54, 1.807) is 13.1 Å². The van der Waals surface area contributed by atoms with E-state index < -0.39 is 30.4 Å². The van der Waals surface area contributed by atoms with Gasteiger partial charge < -0.3 is 10.2 Å². The lowest BCUT2D eigenvalue weighted by Crippen LogP contribution is -2.42. The number of aliphatic imine (C=N–C) groups is 1. The van der Waals surface area contributed by atoms with E-state index in [1.807, 2.05) is 4.90 Å². The Morgan fingerprint density at radius 2 is 2.00 bits per heavy atom. The molecule has 1 saturated heterocycles. The van der Waals surface area contributed by atoms with E-state index in [2.05, 4.69) is 10.3 Å². The number of rotatable bonds is 5. The van der Waals surface area contributed by atoms with Crippen molar-refractivity contribution in [2.45, 2.75) is 64.3 Å². The fourth-order valence-electron chi connectivity index (χ4n) is 4.49. The number of nitriles is 1. The molecule has 2 aliphatic rings. The number of aromatic nitrogens is 2. The predicted molar refractivity (Wildman–Crippen MR) is 115 cm³/mol. The first-order valence-corrected chi connectivity index (χ1v) is 11.3. The van der Waals surface area contributed by atoms with Crippen LogP contribution in [0.2, 0.25) is 0 Å². The Kier molecular flexibility index (Phi) is 6.03. The fraction of sp³-hybridized carbons (Fsp3) is 0.600. The molecule has 0 amide bonds. The Balaban J connectivity index is 1.85. The van der Waals surface area contributed by atoms with Crippen LogP contribution < -0.4 is 16.6 Å². The molecule has 1 N–H and O–H groups in total. The normalized spacial score (nSPS) is 18.6. The van der Waals surface area contributed by atoms with Gasteiger partial charge >= 0.3 is 11.9 Å². The first-order valence-electron chi connectivity index (χ1n) is 10.5. The molecule has 8 nitrogen and oxygen atoms in total. The summed E-state index contributed by atoms with van der Waals surface area (Å²) in [6.07, 6.45) is -0.715. The van der Waals surface area contributed by atoms with Crippen LogP contribution in [0.15, 0.2) is 14.6 Å². The van der Waals surface area contributed by atoms with Gasteiger partial charge in [0, 0.05) is 30.6 Å². The van der Waals surface area contributed by atoms with Gasteiger partial charge in [0.2, 0.25) is 12.2 Å². The Labute approximate surface area is 185 Å². The van der Waals surface area contributed by atoms with Crippen LogP contribution in [0.5, 0.6) is 0 Å². The van der Waals surface area contributed by atoms with Gasteiger partial charge in [0.15, 0.2) is 0 Å². The molecular weight excluding hydrogens is 445 g/mol. The average molecular weight is 469 g/mol. The summed E-state index contributed by atoms with van der Waals surface area (Å²) in [4.78, 5) is 33.2. The summed E-state index contributed by atoms with van der Waals surface area (Å²) in [5.41, 5.74) is -0.433. The van der Waals surface area contributed by atoms with Gasteiger partial charge in [-0.25, -0.2) is 4.79 Å². The third kappa shape index (κ3) is 4.13. The molecule has 4 rings (SSSR count). The Bertz CT molecular complexity index is 1210. The molecule has 12 heteroatoms. The molecule has 0 bridgehead atoms. The molecule has 0 radical (unpaired) electrons. The van der Waals surface area contributed by atoms with E-state index in [4.69, 9.17) is 5.26 Å². The van der Waals surface area contributed by atoms with Crippen LogP contribution >= 0.6 is 11.3 Å². The maximum absolute atomic E-state index is 13.4. The Morgan fingerprint density at radius 3 is 2.66 bits per heavy atom. The largest absolute Gasteiger partial charge is 0.390 e. The lowest BCUT2D eigenvalue weighted by atomic mass is 10.2. The van der Waals surface area contributed by atoms with Crippen LogP contribution in [0.25, 0.3) is 10.2 Å². The molecule has 2 aromatic heterocycles. The van der Waals surface area contributed by atoms with Crippen molar-refractivity contribution in [3.05, 3.63) is 31.3 Å². The number of hydrogen-bond donors (Lipinski definition) is 1. The van der Waals surface area contributed by atoms with Crippen LogP contribution in [0.3, 0.4) is 0 Å². The Hall–Kier alpha value is -2.81. The lowest BCUT2D eigenvalue weighted by molar-refractivity contribution is -0.136. The maximum atomic E-state index is 13.4. The molecule has 2 aromatic rings. The quantitative estimate of drug-likeness (QED) is 0.681.